The Morgan fingerprint density at radius 1 is 0.476 bits per heavy atom. The lowest BCUT2D eigenvalue weighted by molar-refractivity contribution is 0.901. The molecule has 1 heterocycles. The topological polar surface area (TPSA) is 13.0 Å². The van der Waals surface area contributed by atoms with Crippen LogP contribution in [0.2, 0.25) is 38.3 Å². The van der Waals surface area contributed by atoms with E-state index < -0.39 is 16.5 Å². The molecule has 0 radical (unpaired) electrons. The quantitative estimate of drug-likeness (QED) is 0.207. The van der Waals surface area contributed by atoms with Crippen molar-refractivity contribution in [3.63, 3.8) is 0 Å². The fourth-order valence-corrected chi connectivity index (χ4v) is 14.8. The molecule has 0 N–H and O–H groups in total. The number of benzene rings is 4. The van der Waals surface area contributed by atoms with Gasteiger partial charge in [-0.05, 0) is 74.5 Å². The van der Waals surface area contributed by atoms with Crippen LogP contribution in [0.3, 0.4) is 0 Å². The van der Waals surface area contributed by atoms with Gasteiger partial charge < -0.3 is 18.9 Å². The van der Waals surface area contributed by atoms with Gasteiger partial charge in [0, 0.05) is 36.8 Å². The Balaban J connectivity index is 1.93. The van der Waals surface area contributed by atoms with E-state index in [1.54, 1.807) is 0 Å². The summed E-state index contributed by atoms with van der Waals surface area (Å²) < 4.78 is 5.47. The van der Waals surface area contributed by atoms with Crippen LogP contribution >= 0.6 is 0 Å². The number of hydrogen-bond donors (Lipinski definition) is 0. The fourth-order valence-electron chi connectivity index (χ4n) is 6.09. The van der Waals surface area contributed by atoms with Gasteiger partial charge >= 0.3 is 0 Å². The zero-order chi connectivity index (χ0) is 30.1. The second kappa shape index (κ2) is 11.9. The summed E-state index contributed by atoms with van der Waals surface area (Å²) in [7, 11) is 0.455. The van der Waals surface area contributed by atoms with Crippen molar-refractivity contribution in [2.45, 2.75) is 52.1 Å². The van der Waals surface area contributed by atoms with Gasteiger partial charge in [0.05, 0.1) is 0 Å². The van der Waals surface area contributed by atoms with Crippen LogP contribution in [0.4, 0.5) is 22.7 Å². The Morgan fingerprint density at radius 3 is 1.10 bits per heavy atom. The van der Waals surface area contributed by atoms with E-state index in [2.05, 4.69) is 182 Å². The summed E-state index contributed by atoms with van der Waals surface area (Å²) >= 11 is 0. The van der Waals surface area contributed by atoms with Gasteiger partial charge in [-0.2, -0.15) is 0 Å². The summed E-state index contributed by atoms with van der Waals surface area (Å²) in [5.74, 6) is 2.46. The minimum atomic E-state index is -2.02. The summed E-state index contributed by atoms with van der Waals surface area (Å²) in [6, 6.07) is 42.5. The molecular formula is C36H46N4Si2. The van der Waals surface area contributed by atoms with Crippen LogP contribution in [0.15, 0.2) is 121 Å². The van der Waals surface area contributed by atoms with Crippen LogP contribution in [-0.2, 0) is 0 Å². The molecule has 1 aliphatic rings. The Labute approximate surface area is 255 Å². The third-order valence-corrected chi connectivity index (χ3v) is 15.5. The predicted molar refractivity (Wildman–Crippen MR) is 189 cm³/mol. The normalized spacial score (nSPS) is 18.3. The van der Waals surface area contributed by atoms with Gasteiger partial charge in [-0.15, -0.1) is 0 Å². The van der Waals surface area contributed by atoms with Crippen LogP contribution in [-0.4, -0.2) is 30.6 Å². The summed E-state index contributed by atoms with van der Waals surface area (Å²) in [6.45, 7) is 14.6. The first-order valence-electron chi connectivity index (χ1n) is 15.1. The van der Waals surface area contributed by atoms with Crippen LogP contribution < -0.4 is 18.9 Å². The molecule has 42 heavy (non-hydrogen) atoms. The maximum atomic E-state index is 2.74. The van der Waals surface area contributed by atoms with Crippen LogP contribution in [0.5, 0.6) is 0 Å². The molecule has 0 aliphatic carbocycles. The summed E-state index contributed by atoms with van der Waals surface area (Å²) in [5, 5.41) is 0. The third kappa shape index (κ3) is 5.92. The second-order valence-electron chi connectivity index (χ2n) is 12.9. The van der Waals surface area contributed by atoms with Crippen molar-refractivity contribution in [3.05, 3.63) is 132 Å². The number of aryl methyl sites for hydroxylation is 2. The number of hydrogen-bond acceptors (Lipinski definition) is 4. The minimum Gasteiger partial charge on any atom is -0.353 e. The molecule has 5 rings (SSSR count). The highest BCUT2D eigenvalue weighted by atomic mass is 28.3. The summed E-state index contributed by atoms with van der Waals surface area (Å²) in [4.78, 5) is 4.86. The highest BCUT2D eigenvalue weighted by Gasteiger charge is 2.46. The van der Waals surface area contributed by atoms with Crippen molar-refractivity contribution in [3.8, 4) is 0 Å². The van der Waals surface area contributed by atoms with Crippen molar-refractivity contribution in [1.82, 2.24) is 0 Å². The van der Waals surface area contributed by atoms with Crippen molar-refractivity contribution in [2.75, 3.05) is 33.0 Å². The molecule has 1 aliphatic heterocycles. The molecule has 218 valence electrons. The maximum Gasteiger partial charge on any atom is 0.158 e. The highest BCUT2D eigenvalue weighted by Crippen LogP contribution is 2.43. The van der Waals surface area contributed by atoms with Gasteiger partial charge in [0.15, 0.2) is 16.5 Å². The molecule has 0 fully saturated rings. The average molecular weight is 591 g/mol. The van der Waals surface area contributed by atoms with Crippen LogP contribution in [0, 0.1) is 13.8 Å². The molecule has 4 aromatic rings. The van der Waals surface area contributed by atoms with Crippen molar-refractivity contribution in [1.29, 1.82) is 0 Å². The molecule has 4 nitrogen and oxygen atoms in total. The lowest BCUT2D eigenvalue weighted by Gasteiger charge is -2.53. The van der Waals surface area contributed by atoms with E-state index >= 15 is 0 Å². The maximum absolute atomic E-state index is 2.74. The average Bonchev–Trinajstić information content (AvgIpc) is 2.99. The molecule has 0 unspecified atom stereocenters. The number of nitrogens with zero attached hydrogens (tertiary/aromatic N) is 4. The summed E-state index contributed by atoms with van der Waals surface area (Å²) in [5.41, 5.74) is 7.44. The molecule has 0 amide bonds. The molecule has 4 aromatic carbocycles. The van der Waals surface area contributed by atoms with E-state index in [0.717, 1.165) is 0 Å². The number of rotatable bonds is 6. The van der Waals surface area contributed by atoms with E-state index in [4.69, 9.17) is 0 Å². The van der Waals surface area contributed by atoms with Gasteiger partial charge in [0.2, 0.25) is 0 Å². The Bertz CT molecular complexity index is 1400. The molecule has 0 bridgehead atoms. The molecule has 0 aromatic heterocycles. The number of para-hydroxylation sites is 2. The fraction of sp³-hybridized carbons (Fsp3) is 0.278. The first-order chi connectivity index (χ1) is 20.0. The molecule has 0 spiro atoms. The van der Waals surface area contributed by atoms with Gasteiger partial charge in [0.1, 0.15) is 11.6 Å². The highest BCUT2D eigenvalue weighted by molar-refractivity contribution is 6.87. The molecule has 0 atom stereocenters. The number of anilines is 4. The first-order valence-corrected chi connectivity index (χ1v) is 21.4. The third-order valence-electron chi connectivity index (χ3n) is 8.69. The largest absolute Gasteiger partial charge is 0.353 e. The van der Waals surface area contributed by atoms with Crippen LogP contribution in [0.1, 0.15) is 11.1 Å². The zero-order valence-electron chi connectivity index (χ0n) is 26.6. The van der Waals surface area contributed by atoms with Crippen molar-refractivity contribution < 1.29 is 0 Å². The monoisotopic (exact) mass is 590 g/mol. The van der Waals surface area contributed by atoms with E-state index in [9.17, 15) is 0 Å². The van der Waals surface area contributed by atoms with Crippen molar-refractivity contribution >= 4 is 39.2 Å². The predicted octanol–water partition coefficient (Wildman–Crippen LogP) is 9.44. The van der Waals surface area contributed by atoms with Gasteiger partial charge in [-0.25, -0.2) is 0 Å². The molecule has 6 heteroatoms. The van der Waals surface area contributed by atoms with Gasteiger partial charge in [-0.1, -0.05) is 98.0 Å². The van der Waals surface area contributed by atoms with E-state index in [1.807, 2.05) is 0 Å². The Kier molecular flexibility index (Phi) is 8.40. The summed E-state index contributed by atoms with van der Waals surface area (Å²) in [6.07, 6.45) is 0. The lowest BCUT2D eigenvalue weighted by atomic mass is 10.2. The van der Waals surface area contributed by atoms with Gasteiger partial charge in [0.25, 0.3) is 0 Å². The zero-order valence-corrected chi connectivity index (χ0v) is 28.6. The van der Waals surface area contributed by atoms with E-state index in [1.165, 1.54) is 57.6 Å². The Hall–Kier alpha value is -3.75. The second-order valence-corrected chi connectivity index (χ2v) is 22.0. The van der Waals surface area contributed by atoms with E-state index in [-0.39, 0.29) is 0 Å². The lowest BCUT2D eigenvalue weighted by Crippen LogP contribution is -2.61. The minimum absolute atomic E-state index is 1.18. The SMILES string of the molecule is Cc1ccc(N2/C(N(C)c3ccccc3)=C(/N(C)c3ccccc3)N(c3ccc(C)cc3)[Si](C)(C)CC[Si]2(C)C)cc1. The van der Waals surface area contributed by atoms with Crippen LogP contribution in [0.25, 0.3) is 0 Å². The smallest absolute Gasteiger partial charge is 0.158 e. The molecule has 0 saturated carbocycles. The molecule has 0 saturated heterocycles. The first kappa shape index (κ1) is 29.7. The van der Waals surface area contributed by atoms with Gasteiger partial charge in [-0.3, -0.25) is 0 Å². The standard InChI is InChI=1S/C36H46N4Si2/c1-29-19-23-33(24-20-29)39-35(37(3)31-15-11-9-12-16-31)36(38(4)32-17-13-10-14-18-32)40(34-25-21-30(2)22-26-34)42(7,8)28-27-41(39,5)6/h9-26H,27-28H2,1-8H3/b36-35-. The van der Waals surface area contributed by atoms with Crippen molar-refractivity contribution in [2.24, 2.45) is 0 Å². The molecular weight excluding hydrogens is 545 g/mol. The Morgan fingerprint density at radius 2 is 0.786 bits per heavy atom. The van der Waals surface area contributed by atoms with E-state index in [0.29, 0.717) is 0 Å².